The van der Waals surface area contributed by atoms with E-state index in [1.54, 1.807) is 6.07 Å². The Morgan fingerprint density at radius 3 is 2.92 bits per heavy atom. The molecule has 0 radical (unpaired) electrons. The molecule has 2 fully saturated rings. The monoisotopic (exact) mass is 354 g/mol. The van der Waals surface area contributed by atoms with Gasteiger partial charge in [-0.25, -0.2) is 0 Å². The van der Waals surface area contributed by atoms with E-state index in [1.807, 2.05) is 6.07 Å². The quantitative estimate of drug-likeness (QED) is 0.912. The maximum absolute atomic E-state index is 12.3. The fraction of sp³-hybridized carbons (Fsp3) is 0.500. The molecule has 2 aliphatic heterocycles. The lowest BCUT2D eigenvalue weighted by atomic mass is 10.0. The second-order valence-corrected chi connectivity index (χ2v) is 7.23. The standard InChI is InChI=1S/C20H26N4O2/c1-15-14-23(10-11-26-15)18-13-19(25)22-20(21-18)24-9-5-8-17(24)12-16-6-3-2-4-7-16/h2-4,6-7,13,15,17H,5,8-12,14H2,1H3,(H,21,22,25)/t15-,17-/m0/s1. The Balaban J connectivity index is 1.57. The maximum atomic E-state index is 12.3. The highest BCUT2D eigenvalue weighted by Gasteiger charge is 2.28. The van der Waals surface area contributed by atoms with Crippen LogP contribution in [-0.2, 0) is 11.2 Å². The van der Waals surface area contributed by atoms with E-state index >= 15 is 0 Å². The van der Waals surface area contributed by atoms with Gasteiger partial charge in [0.2, 0.25) is 5.95 Å². The number of benzene rings is 1. The molecule has 3 heterocycles. The molecule has 0 aliphatic carbocycles. The van der Waals surface area contributed by atoms with Crippen LogP contribution < -0.4 is 15.4 Å². The Morgan fingerprint density at radius 1 is 1.27 bits per heavy atom. The summed E-state index contributed by atoms with van der Waals surface area (Å²) >= 11 is 0. The number of H-pyrrole nitrogens is 1. The Labute approximate surface area is 153 Å². The van der Waals surface area contributed by atoms with Gasteiger partial charge in [0.15, 0.2) is 0 Å². The van der Waals surface area contributed by atoms with Crippen molar-refractivity contribution in [2.24, 2.45) is 0 Å². The summed E-state index contributed by atoms with van der Waals surface area (Å²) in [7, 11) is 0. The minimum atomic E-state index is -0.0884. The van der Waals surface area contributed by atoms with Gasteiger partial charge in [-0.2, -0.15) is 4.98 Å². The van der Waals surface area contributed by atoms with E-state index in [4.69, 9.17) is 9.72 Å². The molecule has 0 spiro atoms. The van der Waals surface area contributed by atoms with Crippen LogP contribution in [0.1, 0.15) is 25.3 Å². The normalized spacial score (nSPS) is 23.4. The Bertz CT molecular complexity index is 792. The average Bonchev–Trinajstić information content (AvgIpc) is 3.10. The Kier molecular flexibility index (Phi) is 4.93. The summed E-state index contributed by atoms with van der Waals surface area (Å²) in [4.78, 5) is 24.5. The number of nitrogens with zero attached hydrogens (tertiary/aromatic N) is 3. The van der Waals surface area contributed by atoms with Gasteiger partial charge in [-0.05, 0) is 31.7 Å². The summed E-state index contributed by atoms with van der Waals surface area (Å²) in [6.07, 6.45) is 3.38. The lowest BCUT2D eigenvalue weighted by Crippen LogP contribution is -2.42. The van der Waals surface area contributed by atoms with Crippen LogP contribution in [0.15, 0.2) is 41.2 Å². The summed E-state index contributed by atoms with van der Waals surface area (Å²) in [5.74, 6) is 1.45. The number of anilines is 2. The third-order valence-corrected chi connectivity index (χ3v) is 5.24. The van der Waals surface area contributed by atoms with Crippen LogP contribution in [0.2, 0.25) is 0 Å². The number of nitrogens with one attached hydrogen (secondary N) is 1. The lowest BCUT2D eigenvalue weighted by molar-refractivity contribution is 0.0529. The first-order chi connectivity index (χ1) is 12.7. The highest BCUT2D eigenvalue weighted by molar-refractivity contribution is 5.45. The smallest absolute Gasteiger partial charge is 0.254 e. The number of rotatable bonds is 4. The summed E-state index contributed by atoms with van der Waals surface area (Å²) in [5, 5.41) is 0. The molecule has 2 saturated heterocycles. The van der Waals surface area contributed by atoms with Crippen molar-refractivity contribution in [2.75, 3.05) is 36.0 Å². The van der Waals surface area contributed by atoms with Gasteiger partial charge in [0.05, 0.1) is 12.7 Å². The van der Waals surface area contributed by atoms with E-state index in [-0.39, 0.29) is 11.7 Å². The number of hydrogen-bond acceptors (Lipinski definition) is 5. The molecule has 1 aromatic heterocycles. The van der Waals surface area contributed by atoms with E-state index in [0.717, 1.165) is 44.7 Å². The van der Waals surface area contributed by atoms with Crippen molar-refractivity contribution in [2.45, 2.75) is 38.3 Å². The van der Waals surface area contributed by atoms with Gasteiger partial charge in [-0.15, -0.1) is 0 Å². The van der Waals surface area contributed by atoms with Gasteiger partial charge in [-0.1, -0.05) is 30.3 Å². The van der Waals surface area contributed by atoms with E-state index in [2.05, 4.69) is 46.0 Å². The molecule has 26 heavy (non-hydrogen) atoms. The molecule has 2 aromatic rings. The van der Waals surface area contributed by atoms with Crippen LogP contribution in [0.25, 0.3) is 0 Å². The third kappa shape index (κ3) is 3.75. The number of hydrogen-bond donors (Lipinski definition) is 1. The molecule has 1 aromatic carbocycles. The van der Waals surface area contributed by atoms with Crippen molar-refractivity contribution in [3.8, 4) is 0 Å². The fourth-order valence-electron chi connectivity index (χ4n) is 3.97. The van der Waals surface area contributed by atoms with E-state index in [0.29, 0.717) is 18.6 Å². The molecule has 1 N–H and O–H groups in total. The van der Waals surface area contributed by atoms with Gasteiger partial charge in [0.25, 0.3) is 5.56 Å². The Hall–Kier alpha value is -2.34. The van der Waals surface area contributed by atoms with Crippen molar-refractivity contribution in [3.05, 3.63) is 52.3 Å². The van der Waals surface area contributed by atoms with Crippen molar-refractivity contribution in [3.63, 3.8) is 0 Å². The average molecular weight is 354 g/mol. The minimum absolute atomic E-state index is 0.0884. The molecule has 138 valence electrons. The maximum Gasteiger partial charge on any atom is 0.254 e. The molecule has 0 bridgehead atoms. The highest BCUT2D eigenvalue weighted by atomic mass is 16.5. The van der Waals surface area contributed by atoms with Crippen LogP contribution in [0.4, 0.5) is 11.8 Å². The zero-order chi connectivity index (χ0) is 17.9. The molecule has 6 nitrogen and oxygen atoms in total. The molecule has 2 atom stereocenters. The number of morpholine rings is 1. The van der Waals surface area contributed by atoms with E-state index in [1.165, 1.54) is 5.56 Å². The van der Waals surface area contributed by atoms with Crippen LogP contribution in [0, 0.1) is 0 Å². The Morgan fingerprint density at radius 2 is 2.12 bits per heavy atom. The molecule has 0 saturated carbocycles. The van der Waals surface area contributed by atoms with Crippen molar-refractivity contribution in [1.29, 1.82) is 0 Å². The molecule has 6 heteroatoms. The van der Waals surface area contributed by atoms with Gasteiger partial charge in [0, 0.05) is 31.7 Å². The molecular weight excluding hydrogens is 328 g/mol. The van der Waals surface area contributed by atoms with E-state index < -0.39 is 0 Å². The second-order valence-electron chi connectivity index (χ2n) is 7.23. The molecule has 0 unspecified atom stereocenters. The SMILES string of the molecule is C[C@H]1CN(c2cc(=O)[nH]c(N3CCC[C@H]3Cc3ccccc3)n2)CCO1. The topological polar surface area (TPSA) is 61.5 Å². The first-order valence-corrected chi connectivity index (χ1v) is 9.47. The van der Waals surface area contributed by atoms with Gasteiger partial charge < -0.3 is 14.5 Å². The molecule has 2 aliphatic rings. The predicted molar refractivity (Wildman–Crippen MR) is 103 cm³/mol. The van der Waals surface area contributed by atoms with Crippen LogP contribution >= 0.6 is 0 Å². The first-order valence-electron chi connectivity index (χ1n) is 9.47. The molecular formula is C20H26N4O2. The first kappa shape index (κ1) is 17.1. The van der Waals surface area contributed by atoms with Crippen LogP contribution in [-0.4, -0.2) is 48.4 Å². The fourth-order valence-corrected chi connectivity index (χ4v) is 3.97. The van der Waals surface area contributed by atoms with E-state index in [9.17, 15) is 4.79 Å². The minimum Gasteiger partial charge on any atom is -0.375 e. The van der Waals surface area contributed by atoms with Gasteiger partial charge in [0.1, 0.15) is 5.82 Å². The predicted octanol–water partition coefficient (Wildman–Crippen LogP) is 2.21. The van der Waals surface area contributed by atoms with Gasteiger partial charge >= 0.3 is 0 Å². The van der Waals surface area contributed by atoms with Crippen LogP contribution in [0.5, 0.6) is 0 Å². The summed E-state index contributed by atoms with van der Waals surface area (Å²) in [6.45, 7) is 5.20. The highest BCUT2D eigenvalue weighted by Crippen LogP contribution is 2.26. The van der Waals surface area contributed by atoms with Gasteiger partial charge in [-0.3, -0.25) is 9.78 Å². The number of ether oxygens (including phenoxy) is 1. The van der Waals surface area contributed by atoms with Crippen LogP contribution in [0.3, 0.4) is 0 Å². The molecule has 0 amide bonds. The second kappa shape index (κ2) is 7.50. The summed E-state index contributed by atoms with van der Waals surface area (Å²) in [5.41, 5.74) is 1.24. The lowest BCUT2D eigenvalue weighted by Gasteiger charge is -2.33. The summed E-state index contributed by atoms with van der Waals surface area (Å²) in [6, 6.07) is 12.5. The number of aromatic amines is 1. The molecule has 4 rings (SSSR count). The summed E-state index contributed by atoms with van der Waals surface area (Å²) < 4.78 is 5.61. The largest absolute Gasteiger partial charge is 0.375 e. The zero-order valence-electron chi connectivity index (χ0n) is 15.2. The number of aromatic nitrogens is 2. The third-order valence-electron chi connectivity index (χ3n) is 5.24. The van der Waals surface area contributed by atoms with Crippen molar-refractivity contribution >= 4 is 11.8 Å². The van der Waals surface area contributed by atoms with Crippen molar-refractivity contribution < 1.29 is 4.74 Å². The van der Waals surface area contributed by atoms with Crippen molar-refractivity contribution in [1.82, 2.24) is 9.97 Å². The zero-order valence-corrected chi connectivity index (χ0v) is 15.2.